The SMILES string of the molecule is Clc1ccc2snnc2c1Cl. The lowest BCUT2D eigenvalue weighted by atomic mass is 10.3. The van der Waals surface area contributed by atoms with E-state index in [1.54, 1.807) is 6.07 Å². The van der Waals surface area contributed by atoms with E-state index < -0.39 is 0 Å². The lowest BCUT2D eigenvalue weighted by Crippen LogP contribution is -1.72. The van der Waals surface area contributed by atoms with Crippen molar-refractivity contribution in [2.75, 3.05) is 0 Å². The molecule has 1 aromatic carbocycles. The molecule has 0 radical (unpaired) electrons. The summed E-state index contributed by atoms with van der Waals surface area (Å²) in [6.07, 6.45) is 0. The van der Waals surface area contributed by atoms with Crippen LogP contribution in [0.3, 0.4) is 0 Å². The zero-order chi connectivity index (χ0) is 7.84. The Labute approximate surface area is 76.9 Å². The third-order valence-electron chi connectivity index (χ3n) is 1.31. The standard InChI is InChI=1S/C6H2Cl2N2S/c7-3-1-2-4-6(5(3)8)9-10-11-4/h1-2H. The molecule has 56 valence electrons. The van der Waals surface area contributed by atoms with Crippen LogP contribution in [-0.4, -0.2) is 9.59 Å². The van der Waals surface area contributed by atoms with E-state index in [9.17, 15) is 0 Å². The van der Waals surface area contributed by atoms with Gasteiger partial charge in [-0.25, -0.2) is 0 Å². The predicted molar refractivity (Wildman–Crippen MR) is 47.4 cm³/mol. The first kappa shape index (κ1) is 7.28. The minimum Gasteiger partial charge on any atom is -0.136 e. The number of aromatic nitrogens is 2. The van der Waals surface area contributed by atoms with Crippen molar-refractivity contribution in [1.82, 2.24) is 9.59 Å². The van der Waals surface area contributed by atoms with Gasteiger partial charge < -0.3 is 0 Å². The van der Waals surface area contributed by atoms with Crippen LogP contribution in [0.1, 0.15) is 0 Å². The van der Waals surface area contributed by atoms with Crippen LogP contribution in [0, 0.1) is 0 Å². The molecule has 0 spiro atoms. The summed E-state index contributed by atoms with van der Waals surface area (Å²) in [4.78, 5) is 0. The van der Waals surface area contributed by atoms with E-state index in [4.69, 9.17) is 23.2 Å². The molecule has 1 aromatic heterocycles. The van der Waals surface area contributed by atoms with Gasteiger partial charge in [0.05, 0.1) is 14.7 Å². The van der Waals surface area contributed by atoms with Crippen molar-refractivity contribution in [3.63, 3.8) is 0 Å². The molecule has 0 saturated carbocycles. The summed E-state index contributed by atoms with van der Waals surface area (Å²) in [5.41, 5.74) is 0.684. The van der Waals surface area contributed by atoms with Crippen molar-refractivity contribution in [3.05, 3.63) is 22.2 Å². The highest BCUT2D eigenvalue weighted by Gasteiger charge is 2.05. The van der Waals surface area contributed by atoms with Gasteiger partial charge in [-0.05, 0) is 23.7 Å². The van der Waals surface area contributed by atoms with Crippen molar-refractivity contribution in [2.24, 2.45) is 0 Å². The highest BCUT2D eigenvalue weighted by atomic mass is 35.5. The van der Waals surface area contributed by atoms with Crippen LogP contribution in [0.2, 0.25) is 10.0 Å². The van der Waals surface area contributed by atoms with Gasteiger partial charge in [0.2, 0.25) is 0 Å². The normalized spacial score (nSPS) is 10.7. The molecule has 0 N–H and O–H groups in total. The second kappa shape index (κ2) is 2.59. The molecule has 0 unspecified atom stereocenters. The summed E-state index contributed by atoms with van der Waals surface area (Å²) in [5, 5.41) is 4.84. The number of rotatable bonds is 0. The Balaban J connectivity index is 2.93. The van der Waals surface area contributed by atoms with Crippen LogP contribution < -0.4 is 0 Å². The minimum atomic E-state index is 0.484. The van der Waals surface area contributed by atoms with Gasteiger partial charge in [0, 0.05) is 0 Å². The molecule has 0 aliphatic rings. The van der Waals surface area contributed by atoms with E-state index in [0.29, 0.717) is 15.6 Å². The second-order valence-electron chi connectivity index (χ2n) is 1.98. The van der Waals surface area contributed by atoms with Crippen LogP contribution in [0.5, 0.6) is 0 Å². The first-order valence-corrected chi connectivity index (χ1v) is 4.38. The van der Waals surface area contributed by atoms with E-state index in [1.807, 2.05) is 6.07 Å². The van der Waals surface area contributed by atoms with Gasteiger partial charge in [0.1, 0.15) is 5.52 Å². The molecule has 2 rings (SSSR count). The zero-order valence-electron chi connectivity index (χ0n) is 5.21. The molecule has 2 nitrogen and oxygen atoms in total. The summed E-state index contributed by atoms with van der Waals surface area (Å²) >= 11 is 12.9. The summed E-state index contributed by atoms with van der Waals surface area (Å²) in [5.74, 6) is 0. The maximum absolute atomic E-state index is 5.84. The lowest BCUT2D eigenvalue weighted by molar-refractivity contribution is 1.20. The van der Waals surface area contributed by atoms with Gasteiger partial charge in [-0.1, -0.05) is 27.7 Å². The number of benzene rings is 1. The van der Waals surface area contributed by atoms with Crippen LogP contribution >= 0.6 is 34.7 Å². The largest absolute Gasteiger partial charge is 0.136 e. The summed E-state index contributed by atoms with van der Waals surface area (Å²) < 4.78 is 4.71. The fraction of sp³-hybridized carbons (Fsp3) is 0. The Morgan fingerprint density at radius 3 is 2.91 bits per heavy atom. The molecule has 0 amide bonds. The van der Waals surface area contributed by atoms with E-state index >= 15 is 0 Å². The van der Waals surface area contributed by atoms with E-state index in [1.165, 1.54) is 11.5 Å². The van der Waals surface area contributed by atoms with Crippen molar-refractivity contribution in [2.45, 2.75) is 0 Å². The van der Waals surface area contributed by atoms with E-state index in [-0.39, 0.29) is 0 Å². The maximum Gasteiger partial charge on any atom is 0.126 e. The number of hydrogen-bond acceptors (Lipinski definition) is 3. The third-order valence-corrected chi connectivity index (χ3v) is 2.80. The molecule has 11 heavy (non-hydrogen) atoms. The van der Waals surface area contributed by atoms with Crippen molar-refractivity contribution >= 4 is 45.0 Å². The van der Waals surface area contributed by atoms with Crippen LogP contribution in [-0.2, 0) is 0 Å². The lowest BCUT2D eigenvalue weighted by Gasteiger charge is -1.92. The summed E-state index contributed by atoms with van der Waals surface area (Å²) in [6.45, 7) is 0. The number of nitrogens with zero attached hydrogens (tertiary/aromatic N) is 2. The average molecular weight is 205 g/mol. The Kier molecular flexibility index (Phi) is 1.71. The van der Waals surface area contributed by atoms with Gasteiger partial charge in [0.25, 0.3) is 0 Å². The first-order chi connectivity index (χ1) is 5.29. The average Bonchev–Trinajstić information content (AvgIpc) is 2.45. The third kappa shape index (κ3) is 1.09. The molecule has 0 bridgehead atoms. The summed E-state index contributed by atoms with van der Waals surface area (Å²) in [6, 6.07) is 3.60. The first-order valence-electron chi connectivity index (χ1n) is 2.85. The molecule has 0 aliphatic heterocycles. The highest BCUT2D eigenvalue weighted by molar-refractivity contribution is 7.13. The van der Waals surface area contributed by atoms with Crippen molar-refractivity contribution in [1.29, 1.82) is 0 Å². The van der Waals surface area contributed by atoms with E-state index in [2.05, 4.69) is 9.59 Å². The van der Waals surface area contributed by atoms with Gasteiger partial charge in [-0.3, -0.25) is 0 Å². The highest BCUT2D eigenvalue weighted by Crippen LogP contribution is 2.30. The minimum absolute atomic E-state index is 0.484. The molecule has 1 heterocycles. The molecule has 2 aromatic rings. The maximum atomic E-state index is 5.84. The fourth-order valence-electron chi connectivity index (χ4n) is 0.794. The van der Waals surface area contributed by atoms with Crippen LogP contribution in [0.25, 0.3) is 10.2 Å². The van der Waals surface area contributed by atoms with Gasteiger partial charge >= 0.3 is 0 Å². The van der Waals surface area contributed by atoms with E-state index in [0.717, 1.165) is 4.70 Å². The zero-order valence-corrected chi connectivity index (χ0v) is 7.54. The quantitative estimate of drug-likeness (QED) is 0.660. The molecule has 5 heteroatoms. The molecular formula is C6H2Cl2N2S. The Bertz CT molecular complexity index is 398. The number of halogens is 2. The number of fused-ring (bicyclic) bond motifs is 1. The smallest absolute Gasteiger partial charge is 0.126 e. The molecule has 0 aliphatic carbocycles. The molecule has 0 saturated heterocycles. The molecule has 0 fully saturated rings. The van der Waals surface area contributed by atoms with Crippen molar-refractivity contribution in [3.8, 4) is 0 Å². The molecule has 0 atom stereocenters. The summed E-state index contributed by atoms with van der Waals surface area (Å²) in [7, 11) is 0. The second-order valence-corrected chi connectivity index (χ2v) is 3.55. The monoisotopic (exact) mass is 204 g/mol. The van der Waals surface area contributed by atoms with Crippen LogP contribution in [0.15, 0.2) is 12.1 Å². The Morgan fingerprint density at radius 1 is 1.27 bits per heavy atom. The van der Waals surface area contributed by atoms with Gasteiger partial charge in [-0.15, -0.1) is 5.10 Å². The van der Waals surface area contributed by atoms with Gasteiger partial charge in [-0.2, -0.15) is 0 Å². The number of hydrogen-bond donors (Lipinski definition) is 0. The van der Waals surface area contributed by atoms with Crippen LogP contribution in [0.4, 0.5) is 0 Å². The topological polar surface area (TPSA) is 25.8 Å². The predicted octanol–water partition coefficient (Wildman–Crippen LogP) is 3.00. The Hall–Kier alpha value is -0.380. The molecular weight excluding hydrogens is 203 g/mol. The van der Waals surface area contributed by atoms with Crippen molar-refractivity contribution < 1.29 is 0 Å². The van der Waals surface area contributed by atoms with Gasteiger partial charge in [0.15, 0.2) is 0 Å². The Morgan fingerprint density at radius 2 is 2.09 bits per heavy atom. The fourth-order valence-corrected chi connectivity index (χ4v) is 1.77.